The van der Waals surface area contributed by atoms with Gasteiger partial charge in [-0.25, -0.2) is 8.78 Å². The van der Waals surface area contributed by atoms with Gasteiger partial charge in [0.15, 0.2) is 11.6 Å². The molecule has 0 bridgehead atoms. The van der Waals surface area contributed by atoms with Crippen molar-refractivity contribution in [1.29, 1.82) is 0 Å². The molecular weight excluding hydrogens is 374 g/mol. The van der Waals surface area contributed by atoms with E-state index in [1.54, 1.807) is 24.0 Å². The summed E-state index contributed by atoms with van der Waals surface area (Å²) in [5.41, 5.74) is 3.06. The molecule has 0 spiro atoms. The van der Waals surface area contributed by atoms with Crippen LogP contribution in [0.4, 0.5) is 8.78 Å². The number of hydrogen-bond acceptors (Lipinski definition) is 3. The highest BCUT2D eigenvalue weighted by Crippen LogP contribution is 2.36. The van der Waals surface area contributed by atoms with Crippen LogP contribution in [0.3, 0.4) is 0 Å². The molecule has 1 saturated carbocycles. The van der Waals surface area contributed by atoms with Gasteiger partial charge >= 0.3 is 0 Å². The number of fused-ring (bicyclic) bond motifs is 1. The van der Waals surface area contributed by atoms with Crippen LogP contribution in [-0.4, -0.2) is 15.7 Å². The van der Waals surface area contributed by atoms with Crippen molar-refractivity contribution in [2.75, 3.05) is 0 Å². The molecule has 0 N–H and O–H groups in total. The standard InChI is InChI=1S/C23H24F2N2O2/c1-4-14-8-16-12-26-11-15(22(16)27(3)23(14)28)7-13(2)18-9-19(24)20(25)10-21(18)29-17-5-6-17/h8-13,17H,4-7H2,1-3H3. The van der Waals surface area contributed by atoms with Gasteiger partial charge in [-0.2, -0.15) is 0 Å². The van der Waals surface area contributed by atoms with Crippen LogP contribution in [0.2, 0.25) is 0 Å². The molecule has 2 aromatic heterocycles. The van der Waals surface area contributed by atoms with Crippen LogP contribution in [0.25, 0.3) is 10.9 Å². The molecule has 1 aromatic carbocycles. The summed E-state index contributed by atoms with van der Waals surface area (Å²) in [5.74, 6) is -1.54. The van der Waals surface area contributed by atoms with Gasteiger partial charge in [-0.3, -0.25) is 9.78 Å². The highest BCUT2D eigenvalue weighted by atomic mass is 19.2. The number of hydrogen-bond donors (Lipinski definition) is 0. The van der Waals surface area contributed by atoms with E-state index >= 15 is 0 Å². The molecular formula is C23H24F2N2O2. The monoisotopic (exact) mass is 398 g/mol. The van der Waals surface area contributed by atoms with Crippen LogP contribution >= 0.6 is 0 Å². The van der Waals surface area contributed by atoms with Crippen LogP contribution < -0.4 is 10.3 Å². The van der Waals surface area contributed by atoms with E-state index in [4.69, 9.17) is 4.74 Å². The van der Waals surface area contributed by atoms with Crippen LogP contribution in [0, 0.1) is 11.6 Å². The lowest BCUT2D eigenvalue weighted by Gasteiger charge is -2.19. The highest BCUT2D eigenvalue weighted by molar-refractivity contribution is 5.82. The molecule has 1 aliphatic rings. The Bertz CT molecular complexity index is 1140. The van der Waals surface area contributed by atoms with Crippen molar-refractivity contribution in [3.63, 3.8) is 0 Å². The van der Waals surface area contributed by atoms with E-state index < -0.39 is 11.6 Å². The van der Waals surface area contributed by atoms with Crippen molar-refractivity contribution in [2.24, 2.45) is 7.05 Å². The van der Waals surface area contributed by atoms with Gasteiger partial charge in [-0.1, -0.05) is 13.8 Å². The summed E-state index contributed by atoms with van der Waals surface area (Å²) in [4.78, 5) is 17.0. The Labute approximate surface area is 168 Å². The zero-order chi connectivity index (χ0) is 20.7. The van der Waals surface area contributed by atoms with E-state index in [0.717, 1.165) is 40.9 Å². The molecule has 152 valence electrons. The Hall–Kier alpha value is -2.76. The van der Waals surface area contributed by atoms with Gasteiger partial charge in [-0.05, 0) is 49.3 Å². The Morgan fingerprint density at radius 1 is 1.17 bits per heavy atom. The van der Waals surface area contributed by atoms with Gasteiger partial charge in [0.05, 0.1) is 11.6 Å². The third-order valence-corrected chi connectivity index (χ3v) is 5.57. The molecule has 3 aromatic rings. The molecule has 6 heteroatoms. The molecule has 29 heavy (non-hydrogen) atoms. The number of nitrogens with zero attached hydrogens (tertiary/aromatic N) is 2. The first kappa shape index (κ1) is 19.6. The fourth-order valence-corrected chi connectivity index (χ4v) is 3.84. The van der Waals surface area contributed by atoms with E-state index in [-0.39, 0.29) is 17.6 Å². The number of aryl methyl sites for hydroxylation is 2. The fourth-order valence-electron chi connectivity index (χ4n) is 3.84. The highest BCUT2D eigenvalue weighted by Gasteiger charge is 2.27. The van der Waals surface area contributed by atoms with E-state index in [1.807, 2.05) is 19.9 Å². The topological polar surface area (TPSA) is 44.1 Å². The van der Waals surface area contributed by atoms with Crippen LogP contribution in [-0.2, 0) is 19.9 Å². The summed E-state index contributed by atoms with van der Waals surface area (Å²) in [6.07, 6.45) is 6.62. The molecule has 1 atom stereocenters. The van der Waals surface area contributed by atoms with Gasteiger partial charge in [0.1, 0.15) is 5.75 Å². The SMILES string of the molecule is CCc1cc2cncc(CC(C)c3cc(F)c(F)cc3OC3CC3)c2n(C)c1=O. The van der Waals surface area contributed by atoms with E-state index in [1.165, 1.54) is 6.07 Å². The zero-order valence-electron chi connectivity index (χ0n) is 16.8. The molecule has 1 aliphatic carbocycles. The molecule has 2 heterocycles. The average Bonchev–Trinajstić information content (AvgIpc) is 3.51. The Morgan fingerprint density at radius 2 is 1.90 bits per heavy atom. The molecule has 1 unspecified atom stereocenters. The lowest BCUT2D eigenvalue weighted by molar-refractivity contribution is 0.295. The van der Waals surface area contributed by atoms with E-state index in [9.17, 15) is 13.6 Å². The number of pyridine rings is 2. The van der Waals surface area contributed by atoms with Crippen molar-refractivity contribution in [2.45, 2.75) is 51.6 Å². The molecule has 0 amide bonds. The summed E-state index contributed by atoms with van der Waals surface area (Å²) in [6.45, 7) is 3.90. The van der Waals surface area contributed by atoms with Gasteiger partial charge in [0.2, 0.25) is 0 Å². The van der Waals surface area contributed by atoms with Crippen molar-refractivity contribution in [3.05, 3.63) is 69.3 Å². The second-order valence-corrected chi connectivity index (χ2v) is 7.85. The average molecular weight is 398 g/mol. The summed E-state index contributed by atoms with van der Waals surface area (Å²) in [6, 6.07) is 4.26. The predicted molar refractivity (Wildman–Crippen MR) is 108 cm³/mol. The zero-order valence-corrected chi connectivity index (χ0v) is 16.8. The second-order valence-electron chi connectivity index (χ2n) is 7.85. The number of ether oxygens (including phenoxy) is 1. The quantitative estimate of drug-likeness (QED) is 0.607. The van der Waals surface area contributed by atoms with Gasteiger partial charge in [-0.15, -0.1) is 0 Å². The van der Waals surface area contributed by atoms with Gasteiger partial charge < -0.3 is 9.30 Å². The maximum absolute atomic E-state index is 14.0. The van der Waals surface area contributed by atoms with E-state index in [2.05, 4.69) is 4.98 Å². The largest absolute Gasteiger partial charge is 0.490 e. The third-order valence-electron chi connectivity index (χ3n) is 5.57. The van der Waals surface area contributed by atoms with Crippen LogP contribution in [0.1, 0.15) is 49.3 Å². The smallest absolute Gasteiger partial charge is 0.253 e. The molecule has 0 saturated heterocycles. The molecule has 0 radical (unpaired) electrons. The van der Waals surface area contributed by atoms with Gasteiger partial charge in [0, 0.05) is 42.0 Å². The second kappa shape index (κ2) is 7.58. The first-order valence-electron chi connectivity index (χ1n) is 10.00. The normalized spacial score (nSPS) is 14.9. The van der Waals surface area contributed by atoms with E-state index in [0.29, 0.717) is 24.2 Å². The maximum atomic E-state index is 14.0. The maximum Gasteiger partial charge on any atom is 0.253 e. The minimum atomic E-state index is -0.905. The minimum absolute atomic E-state index is 0.0225. The summed E-state index contributed by atoms with van der Waals surface area (Å²) >= 11 is 0. The molecule has 1 fully saturated rings. The minimum Gasteiger partial charge on any atom is -0.490 e. The van der Waals surface area contributed by atoms with Crippen molar-refractivity contribution in [1.82, 2.24) is 9.55 Å². The van der Waals surface area contributed by atoms with Crippen LogP contribution in [0.15, 0.2) is 35.4 Å². The van der Waals surface area contributed by atoms with Gasteiger partial charge in [0.25, 0.3) is 5.56 Å². The number of aromatic nitrogens is 2. The lowest BCUT2D eigenvalue weighted by atomic mass is 9.92. The first-order chi connectivity index (χ1) is 13.9. The molecule has 4 nitrogen and oxygen atoms in total. The Balaban J connectivity index is 1.75. The van der Waals surface area contributed by atoms with Crippen molar-refractivity contribution in [3.8, 4) is 5.75 Å². The first-order valence-corrected chi connectivity index (χ1v) is 10.00. The number of benzene rings is 1. The fraction of sp³-hybridized carbons (Fsp3) is 0.391. The number of halogens is 2. The summed E-state index contributed by atoms with van der Waals surface area (Å²) in [7, 11) is 1.76. The summed E-state index contributed by atoms with van der Waals surface area (Å²) < 4.78 is 35.3. The lowest BCUT2D eigenvalue weighted by Crippen LogP contribution is -2.22. The number of rotatable bonds is 6. The molecule has 0 aliphatic heterocycles. The third kappa shape index (κ3) is 3.76. The summed E-state index contributed by atoms with van der Waals surface area (Å²) in [5, 5.41) is 0.897. The Kier molecular flexibility index (Phi) is 5.11. The Morgan fingerprint density at radius 3 is 2.59 bits per heavy atom. The predicted octanol–water partition coefficient (Wildman–Crippen LogP) is 4.66. The van der Waals surface area contributed by atoms with Crippen molar-refractivity contribution >= 4 is 10.9 Å². The van der Waals surface area contributed by atoms with Crippen LogP contribution in [0.5, 0.6) is 5.75 Å². The molecule has 4 rings (SSSR count). The van der Waals surface area contributed by atoms with Crippen molar-refractivity contribution < 1.29 is 13.5 Å².